The second-order valence-electron chi connectivity index (χ2n) is 4.77. The van der Waals surface area contributed by atoms with Gasteiger partial charge in [0.15, 0.2) is 0 Å². The third kappa shape index (κ3) is 2.85. The lowest BCUT2D eigenvalue weighted by Gasteiger charge is -2.21. The van der Waals surface area contributed by atoms with Crippen molar-refractivity contribution in [3.63, 3.8) is 0 Å². The fraction of sp³-hybridized carbons (Fsp3) is 0.438. The zero-order valence-corrected chi connectivity index (χ0v) is 12.7. The van der Waals surface area contributed by atoms with Crippen LogP contribution >= 0.6 is 0 Å². The Labute approximate surface area is 120 Å². The highest BCUT2D eigenvalue weighted by Gasteiger charge is 2.21. The summed E-state index contributed by atoms with van der Waals surface area (Å²) in [5, 5.41) is 7.89. The summed E-state index contributed by atoms with van der Waals surface area (Å²) in [6, 6.07) is 8.30. The average molecular weight is 273 g/mol. The Morgan fingerprint density at radius 2 is 2.00 bits per heavy atom. The number of nitrogens with zero attached hydrogens (tertiary/aromatic N) is 2. The molecule has 1 aromatic heterocycles. The predicted molar refractivity (Wildman–Crippen MR) is 81.1 cm³/mol. The van der Waals surface area contributed by atoms with Gasteiger partial charge >= 0.3 is 0 Å². The molecule has 0 fully saturated rings. The minimum absolute atomic E-state index is 0.108. The molecule has 0 aliphatic rings. The number of rotatable bonds is 6. The average Bonchev–Trinajstić information content (AvgIpc) is 2.78. The van der Waals surface area contributed by atoms with Crippen LogP contribution < -0.4 is 10.1 Å². The van der Waals surface area contributed by atoms with Crippen molar-refractivity contribution in [1.82, 2.24) is 15.1 Å². The zero-order valence-electron chi connectivity index (χ0n) is 12.7. The highest BCUT2D eigenvalue weighted by molar-refractivity contribution is 5.42. The highest BCUT2D eigenvalue weighted by atomic mass is 16.5. The third-order valence-electron chi connectivity index (χ3n) is 3.52. The van der Waals surface area contributed by atoms with Crippen molar-refractivity contribution in [1.29, 1.82) is 0 Å². The maximum Gasteiger partial charge on any atom is 0.124 e. The van der Waals surface area contributed by atoms with Crippen LogP contribution in [-0.4, -0.2) is 22.9 Å². The number of aryl methyl sites for hydroxylation is 1. The molecule has 0 saturated heterocycles. The van der Waals surface area contributed by atoms with E-state index in [4.69, 9.17) is 4.74 Å². The lowest BCUT2D eigenvalue weighted by atomic mass is 9.98. The van der Waals surface area contributed by atoms with Gasteiger partial charge in [0.1, 0.15) is 5.75 Å². The molecule has 108 valence electrons. The van der Waals surface area contributed by atoms with Crippen molar-refractivity contribution < 1.29 is 4.74 Å². The summed E-state index contributed by atoms with van der Waals surface area (Å²) in [6.45, 7) is 7.77. The van der Waals surface area contributed by atoms with E-state index in [9.17, 15) is 0 Å². The van der Waals surface area contributed by atoms with E-state index in [1.54, 1.807) is 0 Å². The Kier molecular flexibility index (Phi) is 4.79. The summed E-state index contributed by atoms with van der Waals surface area (Å²) in [7, 11) is 1.97. The smallest absolute Gasteiger partial charge is 0.124 e. The summed E-state index contributed by atoms with van der Waals surface area (Å²) < 4.78 is 7.67. The fourth-order valence-electron chi connectivity index (χ4n) is 2.40. The van der Waals surface area contributed by atoms with E-state index in [1.165, 1.54) is 11.3 Å². The van der Waals surface area contributed by atoms with Gasteiger partial charge in [0, 0.05) is 23.9 Å². The Bertz CT molecular complexity index is 563. The molecular formula is C16H23N3O. The maximum absolute atomic E-state index is 5.77. The molecule has 1 N–H and O–H groups in total. The molecule has 0 radical (unpaired) electrons. The number of benzene rings is 1. The van der Waals surface area contributed by atoms with E-state index in [0.29, 0.717) is 6.61 Å². The molecule has 1 aromatic carbocycles. The van der Waals surface area contributed by atoms with Gasteiger partial charge < -0.3 is 10.1 Å². The largest absolute Gasteiger partial charge is 0.494 e. The highest BCUT2D eigenvalue weighted by Crippen LogP contribution is 2.31. The normalized spacial score (nSPS) is 12.4. The predicted octanol–water partition coefficient (Wildman–Crippen LogP) is 2.83. The summed E-state index contributed by atoms with van der Waals surface area (Å²) >= 11 is 0. The zero-order chi connectivity index (χ0) is 14.5. The Morgan fingerprint density at radius 3 is 2.60 bits per heavy atom. The number of aromatic nitrogens is 2. The van der Waals surface area contributed by atoms with E-state index in [2.05, 4.69) is 30.3 Å². The molecule has 2 aromatic rings. The molecular weight excluding hydrogens is 250 g/mol. The molecule has 0 saturated carbocycles. The Hall–Kier alpha value is -1.81. The minimum atomic E-state index is 0.108. The van der Waals surface area contributed by atoms with E-state index in [-0.39, 0.29) is 6.04 Å². The van der Waals surface area contributed by atoms with Crippen molar-refractivity contribution in [2.24, 2.45) is 7.05 Å². The van der Waals surface area contributed by atoms with Crippen LogP contribution in [0.25, 0.3) is 0 Å². The molecule has 0 aliphatic heterocycles. The van der Waals surface area contributed by atoms with E-state index in [1.807, 2.05) is 43.0 Å². The van der Waals surface area contributed by atoms with Crippen LogP contribution in [-0.2, 0) is 7.05 Å². The van der Waals surface area contributed by atoms with Gasteiger partial charge in [0.25, 0.3) is 0 Å². The summed E-state index contributed by atoms with van der Waals surface area (Å²) in [4.78, 5) is 0. The fourth-order valence-corrected chi connectivity index (χ4v) is 2.40. The monoisotopic (exact) mass is 273 g/mol. The van der Waals surface area contributed by atoms with Crippen molar-refractivity contribution in [3.05, 3.63) is 47.3 Å². The number of para-hydroxylation sites is 1. The van der Waals surface area contributed by atoms with Crippen molar-refractivity contribution in [2.75, 3.05) is 13.2 Å². The SMILES string of the molecule is CCNC(c1ccccc1OCC)c1cnn(C)c1C. The lowest BCUT2D eigenvalue weighted by molar-refractivity contribution is 0.333. The molecule has 2 rings (SSSR count). The summed E-state index contributed by atoms with van der Waals surface area (Å²) in [5.41, 5.74) is 3.52. The minimum Gasteiger partial charge on any atom is -0.494 e. The molecule has 1 heterocycles. The van der Waals surface area contributed by atoms with Crippen LogP contribution in [0, 0.1) is 6.92 Å². The molecule has 1 atom stereocenters. The van der Waals surface area contributed by atoms with Gasteiger partial charge in [0.2, 0.25) is 0 Å². The van der Waals surface area contributed by atoms with Gasteiger partial charge in [-0.3, -0.25) is 4.68 Å². The Morgan fingerprint density at radius 1 is 1.25 bits per heavy atom. The summed E-state index contributed by atoms with van der Waals surface area (Å²) in [5.74, 6) is 0.934. The van der Waals surface area contributed by atoms with Crippen LogP contribution in [0.15, 0.2) is 30.5 Å². The molecule has 0 spiro atoms. The van der Waals surface area contributed by atoms with Crippen molar-refractivity contribution >= 4 is 0 Å². The molecule has 0 aliphatic carbocycles. The number of hydrogen-bond acceptors (Lipinski definition) is 3. The van der Waals surface area contributed by atoms with Crippen LogP contribution in [0.4, 0.5) is 0 Å². The van der Waals surface area contributed by atoms with Crippen molar-refractivity contribution in [3.8, 4) is 5.75 Å². The number of hydrogen-bond donors (Lipinski definition) is 1. The second kappa shape index (κ2) is 6.57. The second-order valence-corrected chi connectivity index (χ2v) is 4.77. The quantitative estimate of drug-likeness (QED) is 0.879. The van der Waals surface area contributed by atoms with Gasteiger partial charge in [0.05, 0.1) is 18.8 Å². The van der Waals surface area contributed by atoms with E-state index in [0.717, 1.165) is 17.9 Å². The van der Waals surface area contributed by atoms with Crippen LogP contribution in [0.5, 0.6) is 5.75 Å². The molecule has 4 heteroatoms. The third-order valence-corrected chi connectivity index (χ3v) is 3.52. The van der Waals surface area contributed by atoms with Gasteiger partial charge in [-0.15, -0.1) is 0 Å². The van der Waals surface area contributed by atoms with E-state index < -0.39 is 0 Å². The van der Waals surface area contributed by atoms with Crippen LogP contribution in [0.2, 0.25) is 0 Å². The standard InChI is InChI=1S/C16H23N3O/c1-5-17-16(14-11-18-19(4)12(14)3)13-9-7-8-10-15(13)20-6-2/h7-11,16-17H,5-6H2,1-4H3. The van der Waals surface area contributed by atoms with Gasteiger partial charge in [-0.25, -0.2) is 0 Å². The van der Waals surface area contributed by atoms with E-state index >= 15 is 0 Å². The molecule has 0 bridgehead atoms. The first-order chi connectivity index (χ1) is 9.69. The number of nitrogens with one attached hydrogen (secondary N) is 1. The lowest BCUT2D eigenvalue weighted by Crippen LogP contribution is -2.23. The first kappa shape index (κ1) is 14.6. The molecule has 0 amide bonds. The van der Waals surface area contributed by atoms with Gasteiger partial charge in [-0.05, 0) is 26.5 Å². The maximum atomic E-state index is 5.77. The molecule has 1 unspecified atom stereocenters. The molecule has 4 nitrogen and oxygen atoms in total. The first-order valence-corrected chi connectivity index (χ1v) is 7.12. The first-order valence-electron chi connectivity index (χ1n) is 7.12. The van der Waals surface area contributed by atoms with Crippen molar-refractivity contribution in [2.45, 2.75) is 26.8 Å². The summed E-state index contributed by atoms with van der Waals surface area (Å²) in [6.07, 6.45) is 1.94. The van der Waals surface area contributed by atoms with Gasteiger partial charge in [-0.1, -0.05) is 25.1 Å². The van der Waals surface area contributed by atoms with Crippen LogP contribution in [0.1, 0.15) is 36.7 Å². The Balaban J connectivity index is 2.46. The molecule has 20 heavy (non-hydrogen) atoms. The topological polar surface area (TPSA) is 39.1 Å². The van der Waals surface area contributed by atoms with Gasteiger partial charge in [-0.2, -0.15) is 5.10 Å². The van der Waals surface area contributed by atoms with Crippen LogP contribution in [0.3, 0.4) is 0 Å². The number of ether oxygens (including phenoxy) is 1.